The van der Waals surface area contributed by atoms with Crippen LogP contribution in [0.3, 0.4) is 0 Å². The molecule has 2 N–H and O–H groups in total. The van der Waals surface area contributed by atoms with Gasteiger partial charge < -0.3 is 19.8 Å². The SMILES string of the molecule is CCNCCNC(=O)c1oc2cc(OC)ccc2c1-c1ccccc1. The van der Waals surface area contributed by atoms with Crippen molar-refractivity contribution in [2.75, 3.05) is 26.7 Å². The van der Waals surface area contributed by atoms with Crippen molar-refractivity contribution in [1.29, 1.82) is 0 Å². The number of methoxy groups -OCH3 is 1. The zero-order valence-corrected chi connectivity index (χ0v) is 14.5. The van der Waals surface area contributed by atoms with E-state index in [1.54, 1.807) is 13.2 Å². The first-order valence-corrected chi connectivity index (χ1v) is 8.39. The van der Waals surface area contributed by atoms with E-state index in [1.807, 2.05) is 49.4 Å². The molecule has 0 fully saturated rings. The molecule has 3 aromatic rings. The summed E-state index contributed by atoms with van der Waals surface area (Å²) in [6.07, 6.45) is 0. The van der Waals surface area contributed by atoms with Gasteiger partial charge in [0, 0.05) is 30.1 Å². The van der Waals surface area contributed by atoms with Crippen LogP contribution >= 0.6 is 0 Å². The summed E-state index contributed by atoms with van der Waals surface area (Å²) in [5.74, 6) is 0.804. The van der Waals surface area contributed by atoms with Crippen LogP contribution in [0.1, 0.15) is 17.5 Å². The molecule has 0 aliphatic carbocycles. The Morgan fingerprint density at radius 1 is 1.12 bits per heavy atom. The lowest BCUT2D eigenvalue weighted by molar-refractivity contribution is 0.0929. The van der Waals surface area contributed by atoms with Gasteiger partial charge in [-0.15, -0.1) is 0 Å². The molecule has 0 saturated heterocycles. The molecule has 5 nitrogen and oxygen atoms in total. The maximum atomic E-state index is 12.7. The maximum absolute atomic E-state index is 12.7. The molecule has 0 bridgehead atoms. The number of likely N-dealkylation sites (N-methyl/N-ethyl adjacent to an activating group) is 1. The number of carbonyl (C=O) groups excluding carboxylic acids is 1. The first-order chi connectivity index (χ1) is 12.2. The van der Waals surface area contributed by atoms with E-state index in [0.29, 0.717) is 23.6 Å². The van der Waals surface area contributed by atoms with Crippen molar-refractivity contribution >= 4 is 16.9 Å². The van der Waals surface area contributed by atoms with Gasteiger partial charge in [0.05, 0.1) is 7.11 Å². The number of carbonyl (C=O) groups is 1. The number of amides is 1. The highest BCUT2D eigenvalue weighted by molar-refractivity contribution is 6.08. The Balaban J connectivity index is 2.02. The number of fused-ring (bicyclic) bond motifs is 1. The van der Waals surface area contributed by atoms with Crippen LogP contribution in [-0.4, -0.2) is 32.7 Å². The normalized spacial score (nSPS) is 10.8. The lowest BCUT2D eigenvalue weighted by Crippen LogP contribution is -2.31. The molecule has 0 atom stereocenters. The second-order valence-electron chi connectivity index (χ2n) is 5.64. The van der Waals surface area contributed by atoms with Gasteiger partial charge in [-0.1, -0.05) is 37.3 Å². The molecular formula is C20H22N2O3. The average molecular weight is 338 g/mol. The smallest absolute Gasteiger partial charge is 0.287 e. The van der Waals surface area contributed by atoms with Crippen LogP contribution in [0, 0.1) is 0 Å². The van der Waals surface area contributed by atoms with Gasteiger partial charge in [0.25, 0.3) is 5.91 Å². The molecule has 1 amide bonds. The van der Waals surface area contributed by atoms with Crippen molar-refractivity contribution in [1.82, 2.24) is 10.6 Å². The molecule has 0 spiro atoms. The van der Waals surface area contributed by atoms with Crippen LogP contribution in [0.15, 0.2) is 52.9 Å². The van der Waals surface area contributed by atoms with E-state index in [2.05, 4.69) is 10.6 Å². The van der Waals surface area contributed by atoms with Crippen LogP contribution in [0.4, 0.5) is 0 Å². The summed E-state index contributed by atoms with van der Waals surface area (Å²) in [7, 11) is 1.61. The third-order valence-electron chi connectivity index (χ3n) is 4.00. The van der Waals surface area contributed by atoms with E-state index < -0.39 is 0 Å². The molecule has 0 aliphatic rings. The molecule has 130 valence electrons. The van der Waals surface area contributed by atoms with Crippen LogP contribution in [0.25, 0.3) is 22.1 Å². The van der Waals surface area contributed by atoms with Gasteiger partial charge in [-0.2, -0.15) is 0 Å². The first kappa shape index (κ1) is 17.0. The first-order valence-electron chi connectivity index (χ1n) is 8.39. The Labute approximate surface area is 147 Å². The number of ether oxygens (including phenoxy) is 1. The molecule has 2 aromatic carbocycles. The van der Waals surface area contributed by atoms with E-state index in [1.165, 1.54) is 0 Å². The van der Waals surface area contributed by atoms with E-state index in [9.17, 15) is 4.79 Å². The van der Waals surface area contributed by atoms with Crippen LogP contribution in [0.5, 0.6) is 5.75 Å². The fourth-order valence-electron chi connectivity index (χ4n) is 2.78. The molecule has 1 aromatic heterocycles. The van der Waals surface area contributed by atoms with Crippen LogP contribution in [0.2, 0.25) is 0 Å². The van der Waals surface area contributed by atoms with Gasteiger partial charge in [-0.3, -0.25) is 4.79 Å². The molecule has 1 heterocycles. The van der Waals surface area contributed by atoms with Gasteiger partial charge in [0.15, 0.2) is 0 Å². The minimum Gasteiger partial charge on any atom is -0.497 e. The van der Waals surface area contributed by atoms with E-state index in [-0.39, 0.29) is 5.91 Å². The number of hydrogen-bond acceptors (Lipinski definition) is 4. The van der Waals surface area contributed by atoms with E-state index in [0.717, 1.165) is 29.6 Å². The zero-order chi connectivity index (χ0) is 17.6. The Morgan fingerprint density at radius 3 is 2.64 bits per heavy atom. The number of furan rings is 1. The third kappa shape index (κ3) is 3.67. The summed E-state index contributed by atoms with van der Waals surface area (Å²) < 4.78 is 11.2. The van der Waals surface area contributed by atoms with Crippen LogP contribution in [-0.2, 0) is 0 Å². The third-order valence-corrected chi connectivity index (χ3v) is 4.00. The molecule has 0 saturated carbocycles. The fraction of sp³-hybridized carbons (Fsp3) is 0.250. The van der Waals surface area contributed by atoms with Crippen molar-refractivity contribution in [3.05, 3.63) is 54.3 Å². The average Bonchev–Trinajstić information content (AvgIpc) is 3.04. The summed E-state index contributed by atoms with van der Waals surface area (Å²) in [5.41, 5.74) is 2.39. The summed E-state index contributed by atoms with van der Waals surface area (Å²) in [6.45, 7) is 4.16. The summed E-state index contributed by atoms with van der Waals surface area (Å²) in [4.78, 5) is 12.7. The summed E-state index contributed by atoms with van der Waals surface area (Å²) in [5, 5.41) is 6.98. The standard InChI is InChI=1S/C20H22N2O3/c1-3-21-11-12-22-20(23)19-18(14-7-5-4-6-8-14)16-10-9-15(24-2)13-17(16)25-19/h4-10,13,21H,3,11-12H2,1-2H3,(H,22,23). The van der Waals surface area contributed by atoms with Gasteiger partial charge >= 0.3 is 0 Å². The van der Waals surface area contributed by atoms with Crippen LogP contribution < -0.4 is 15.4 Å². The number of rotatable bonds is 7. The lowest BCUT2D eigenvalue weighted by atomic mass is 10.0. The van der Waals surface area contributed by atoms with Crippen molar-refractivity contribution < 1.29 is 13.9 Å². The second-order valence-corrected chi connectivity index (χ2v) is 5.64. The minimum absolute atomic E-state index is 0.216. The molecule has 0 radical (unpaired) electrons. The highest BCUT2D eigenvalue weighted by atomic mass is 16.5. The van der Waals surface area contributed by atoms with E-state index >= 15 is 0 Å². The molecule has 0 aliphatic heterocycles. The largest absolute Gasteiger partial charge is 0.497 e. The molecule has 5 heteroatoms. The Kier molecular flexibility index (Phi) is 5.36. The minimum atomic E-state index is -0.216. The molecular weight excluding hydrogens is 316 g/mol. The summed E-state index contributed by atoms with van der Waals surface area (Å²) >= 11 is 0. The van der Waals surface area contributed by atoms with Crippen molar-refractivity contribution in [3.8, 4) is 16.9 Å². The quantitative estimate of drug-likeness (QED) is 0.648. The predicted octanol–water partition coefficient (Wildman–Crippen LogP) is 3.45. The van der Waals surface area contributed by atoms with Gasteiger partial charge in [0.1, 0.15) is 11.3 Å². The second kappa shape index (κ2) is 7.85. The lowest BCUT2D eigenvalue weighted by Gasteiger charge is -2.06. The van der Waals surface area contributed by atoms with Crippen molar-refractivity contribution in [3.63, 3.8) is 0 Å². The fourth-order valence-corrected chi connectivity index (χ4v) is 2.78. The predicted molar refractivity (Wildman–Crippen MR) is 99.1 cm³/mol. The number of nitrogens with one attached hydrogen (secondary N) is 2. The molecule has 3 rings (SSSR count). The monoisotopic (exact) mass is 338 g/mol. The topological polar surface area (TPSA) is 63.5 Å². The van der Waals surface area contributed by atoms with Crippen molar-refractivity contribution in [2.24, 2.45) is 0 Å². The molecule has 25 heavy (non-hydrogen) atoms. The van der Waals surface area contributed by atoms with E-state index in [4.69, 9.17) is 9.15 Å². The maximum Gasteiger partial charge on any atom is 0.287 e. The summed E-state index contributed by atoms with van der Waals surface area (Å²) in [6, 6.07) is 15.4. The zero-order valence-electron chi connectivity index (χ0n) is 14.5. The number of benzene rings is 2. The van der Waals surface area contributed by atoms with Gasteiger partial charge in [-0.25, -0.2) is 0 Å². The van der Waals surface area contributed by atoms with Gasteiger partial charge in [-0.05, 0) is 24.2 Å². The Morgan fingerprint density at radius 2 is 1.92 bits per heavy atom. The Bertz CT molecular complexity index is 856. The number of hydrogen-bond donors (Lipinski definition) is 2. The van der Waals surface area contributed by atoms with Gasteiger partial charge in [0.2, 0.25) is 5.76 Å². The van der Waals surface area contributed by atoms with Crippen molar-refractivity contribution in [2.45, 2.75) is 6.92 Å². The molecule has 0 unspecified atom stereocenters. The Hall–Kier alpha value is -2.79. The highest BCUT2D eigenvalue weighted by Gasteiger charge is 2.21. The highest BCUT2D eigenvalue weighted by Crippen LogP contribution is 2.36.